The molecule has 0 unspecified atom stereocenters. The molecule has 136 valence electrons. The quantitative estimate of drug-likeness (QED) is 0.863. The summed E-state index contributed by atoms with van der Waals surface area (Å²) in [5, 5.41) is 2.98. The molecule has 2 aromatic rings. The van der Waals surface area contributed by atoms with Gasteiger partial charge in [0, 0.05) is 24.3 Å². The monoisotopic (exact) mass is 350 g/mol. The van der Waals surface area contributed by atoms with Gasteiger partial charge in [-0.2, -0.15) is 0 Å². The number of carbonyl (C=O) groups is 2. The Morgan fingerprint density at radius 3 is 2.62 bits per heavy atom. The van der Waals surface area contributed by atoms with Crippen molar-refractivity contribution in [2.24, 2.45) is 5.92 Å². The van der Waals surface area contributed by atoms with Crippen molar-refractivity contribution >= 4 is 23.2 Å². The van der Waals surface area contributed by atoms with E-state index in [4.69, 9.17) is 0 Å². The lowest BCUT2D eigenvalue weighted by molar-refractivity contribution is -0.122. The number of para-hydroxylation sites is 2. The Bertz CT molecular complexity index is 815. The smallest absolute Gasteiger partial charge is 0.229 e. The van der Waals surface area contributed by atoms with Gasteiger partial charge in [-0.25, -0.2) is 0 Å². The Kier molecular flexibility index (Phi) is 5.40. The number of nitrogens with zero attached hydrogens (tertiary/aromatic N) is 1. The zero-order valence-corrected chi connectivity index (χ0v) is 15.7. The molecule has 0 aromatic heterocycles. The second-order valence-corrected chi connectivity index (χ2v) is 7.08. The largest absolute Gasteiger partial charge is 0.326 e. The number of anilines is 2. The van der Waals surface area contributed by atoms with Gasteiger partial charge in [0.2, 0.25) is 11.8 Å². The molecule has 1 fully saturated rings. The summed E-state index contributed by atoms with van der Waals surface area (Å²) >= 11 is 0. The van der Waals surface area contributed by atoms with Crippen LogP contribution in [0.3, 0.4) is 0 Å². The molecule has 4 nitrogen and oxygen atoms in total. The van der Waals surface area contributed by atoms with E-state index >= 15 is 0 Å². The van der Waals surface area contributed by atoms with Gasteiger partial charge in [0.05, 0.1) is 5.92 Å². The van der Waals surface area contributed by atoms with Gasteiger partial charge in [-0.05, 0) is 42.5 Å². The van der Waals surface area contributed by atoms with Gasteiger partial charge < -0.3 is 10.2 Å². The minimum atomic E-state index is -0.327. The molecule has 0 bridgehead atoms. The van der Waals surface area contributed by atoms with Crippen LogP contribution in [0.1, 0.15) is 43.7 Å². The molecule has 2 amide bonds. The Morgan fingerprint density at radius 2 is 1.88 bits per heavy atom. The number of nitrogens with one attached hydrogen (secondary N) is 1. The predicted molar refractivity (Wildman–Crippen MR) is 105 cm³/mol. The summed E-state index contributed by atoms with van der Waals surface area (Å²) < 4.78 is 0. The van der Waals surface area contributed by atoms with E-state index in [1.807, 2.05) is 49.4 Å². The predicted octanol–water partition coefficient (Wildman–Crippen LogP) is 4.50. The lowest BCUT2D eigenvalue weighted by Gasteiger charge is -2.23. The molecule has 26 heavy (non-hydrogen) atoms. The molecular weight excluding hydrogens is 324 g/mol. The van der Waals surface area contributed by atoms with E-state index in [9.17, 15) is 9.59 Å². The normalized spacial score (nSPS) is 18.0. The van der Waals surface area contributed by atoms with Gasteiger partial charge in [-0.15, -0.1) is 0 Å². The lowest BCUT2D eigenvalue weighted by Crippen LogP contribution is -2.29. The first-order valence-corrected chi connectivity index (χ1v) is 9.27. The van der Waals surface area contributed by atoms with Crippen LogP contribution in [-0.2, 0) is 9.59 Å². The maximum atomic E-state index is 12.7. The molecule has 0 saturated carbocycles. The Balaban J connectivity index is 1.77. The summed E-state index contributed by atoms with van der Waals surface area (Å²) in [5.74, 6) is -0.0206. The van der Waals surface area contributed by atoms with Crippen molar-refractivity contribution in [1.29, 1.82) is 0 Å². The van der Waals surface area contributed by atoms with Crippen LogP contribution >= 0.6 is 0 Å². The third-order valence-corrected chi connectivity index (χ3v) is 5.27. The number of amides is 2. The summed E-state index contributed by atoms with van der Waals surface area (Å²) in [6.07, 6.45) is 1.27. The highest BCUT2D eigenvalue weighted by Crippen LogP contribution is 2.33. The number of carbonyl (C=O) groups excluding carboxylic acids is 2. The number of aryl methyl sites for hydroxylation is 1. The van der Waals surface area contributed by atoms with E-state index in [0.717, 1.165) is 23.4 Å². The van der Waals surface area contributed by atoms with E-state index in [-0.39, 0.29) is 24.2 Å². The first-order valence-electron chi connectivity index (χ1n) is 9.27. The van der Waals surface area contributed by atoms with E-state index < -0.39 is 0 Å². The van der Waals surface area contributed by atoms with Gasteiger partial charge >= 0.3 is 0 Å². The van der Waals surface area contributed by atoms with Gasteiger partial charge in [0.1, 0.15) is 0 Å². The van der Waals surface area contributed by atoms with Crippen LogP contribution in [0.2, 0.25) is 0 Å². The van der Waals surface area contributed by atoms with Gasteiger partial charge in [-0.3, -0.25) is 9.59 Å². The van der Waals surface area contributed by atoms with Gasteiger partial charge in [0.15, 0.2) is 0 Å². The summed E-state index contributed by atoms with van der Waals surface area (Å²) in [6.45, 7) is 6.71. The highest BCUT2D eigenvalue weighted by molar-refractivity contribution is 6.04. The van der Waals surface area contributed by atoms with Crippen molar-refractivity contribution < 1.29 is 9.59 Å². The summed E-state index contributed by atoms with van der Waals surface area (Å²) in [5.41, 5.74) is 3.94. The van der Waals surface area contributed by atoms with Crippen LogP contribution in [0.5, 0.6) is 0 Å². The number of rotatable bonds is 5. The topological polar surface area (TPSA) is 49.4 Å². The zero-order chi connectivity index (χ0) is 18.7. The molecule has 0 spiro atoms. The highest BCUT2D eigenvalue weighted by Gasteiger charge is 2.36. The third kappa shape index (κ3) is 3.64. The molecule has 1 saturated heterocycles. The second-order valence-electron chi connectivity index (χ2n) is 7.08. The minimum Gasteiger partial charge on any atom is -0.326 e. The van der Waals surface area contributed by atoms with E-state index in [1.54, 1.807) is 4.90 Å². The SMILES string of the molecule is CC[C@H](C)c1ccccc1N1C[C@@H](C(=O)Nc2ccccc2C)CC1=O. The summed E-state index contributed by atoms with van der Waals surface area (Å²) in [4.78, 5) is 27.1. The molecule has 1 N–H and O–H groups in total. The molecule has 0 radical (unpaired) electrons. The number of hydrogen-bond acceptors (Lipinski definition) is 2. The fraction of sp³-hybridized carbons (Fsp3) is 0.364. The molecule has 1 heterocycles. The molecule has 3 rings (SSSR count). The van der Waals surface area contributed by atoms with Crippen LogP contribution < -0.4 is 10.2 Å². The van der Waals surface area contributed by atoms with E-state index in [1.165, 1.54) is 5.56 Å². The summed E-state index contributed by atoms with van der Waals surface area (Å²) in [7, 11) is 0. The van der Waals surface area contributed by atoms with Crippen molar-refractivity contribution in [3.8, 4) is 0 Å². The standard InChI is InChI=1S/C22H26N2O2/c1-4-15(2)18-10-6-8-12-20(18)24-14-17(13-21(24)25)22(26)23-19-11-7-5-9-16(19)3/h5-12,15,17H,4,13-14H2,1-3H3,(H,23,26)/t15-,17-/m0/s1. The van der Waals surface area contributed by atoms with Crippen LogP contribution in [0, 0.1) is 12.8 Å². The van der Waals surface area contributed by atoms with Crippen molar-refractivity contribution in [2.75, 3.05) is 16.8 Å². The average molecular weight is 350 g/mol. The maximum Gasteiger partial charge on any atom is 0.229 e. The Morgan fingerprint density at radius 1 is 1.19 bits per heavy atom. The zero-order valence-electron chi connectivity index (χ0n) is 15.7. The number of hydrogen-bond donors (Lipinski definition) is 1. The number of benzene rings is 2. The van der Waals surface area contributed by atoms with Crippen molar-refractivity contribution in [1.82, 2.24) is 0 Å². The molecule has 2 aromatic carbocycles. The second kappa shape index (κ2) is 7.73. The lowest BCUT2D eigenvalue weighted by atomic mass is 9.96. The Labute approximate surface area is 155 Å². The fourth-order valence-electron chi connectivity index (χ4n) is 3.43. The first kappa shape index (κ1) is 18.2. The molecule has 1 aliphatic heterocycles. The maximum absolute atomic E-state index is 12.7. The van der Waals surface area contributed by atoms with Crippen molar-refractivity contribution in [2.45, 2.75) is 39.5 Å². The van der Waals surface area contributed by atoms with E-state index in [2.05, 4.69) is 25.2 Å². The average Bonchev–Trinajstić information content (AvgIpc) is 3.04. The van der Waals surface area contributed by atoms with Crippen LogP contribution in [0.4, 0.5) is 11.4 Å². The third-order valence-electron chi connectivity index (χ3n) is 5.27. The molecule has 2 atom stereocenters. The molecule has 1 aliphatic rings. The van der Waals surface area contributed by atoms with Crippen molar-refractivity contribution in [3.63, 3.8) is 0 Å². The van der Waals surface area contributed by atoms with Crippen LogP contribution in [0.25, 0.3) is 0 Å². The molecule has 0 aliphatic carbocycles. The van der Waals surface area contributed by atoms with Crippen LogP contribution in [0.15, 0.2) is 48.5 Å². The van der Waals surface area contributed by atoms with Gasteiger partial charge in [0.25, 0.3) is 0 Å². The first-order chi connectivity index (χ1) is 12.5. The minimum absolute atomic E-state index is 0.0192. The molecular formula is C22H26N2O2. The van der Waals surface area contributed by atoms with Crippen molar-refractivity contribution in [3.05, 3.63) is 59.7 Å². The molecule has 4 heteroatoms. The van der Waals surface area contributed by atoms with E-state index in [0.29, 0.717) is 12.5 Å². The van der Waals surface area contributed by atoms with Crippen LogP contribution in [-0.4, -0.2) is 18.4 Å². The summed E-state index contributed by atoms with van der Waals surface area (Å²) in [6, 6.07) is 15.7. The fourth-order valence-corrected chi connectivity index (χ4v) is 3.43. The highest BCUT2D eigenvalue weighted by atomic mass is 16.2. The van der Waals surface area contributed by atoms with Gasteiger partial charge in [-0.1, -0.05) is 50.2 Å². The Hall–Kier alpha value is -2.62.